The Kier molecular flexibility index (Phi) is 14.4. The van der Waals surface area contributed by atoms with Gasteiger partial charge >= 0.3 is 5.97 Å². The van der Waals surface area contributed by atoms with Crippen LogP contribution in [-0.2, 0) is 16.0 Å². The molecule has 0 radical (unpaired) electrons. The Morgan fingerprint density at radius 2 is 1.61 bits per heavy atom. The Labute approximate surface area is 214 Å². The lowest BCUT2D eigenvalue weighted by molar-refractivity contribution is -0.162. The maximum atomic E-state index is 12.4. The van der Waals surface area contributed by atoms with Crippen molar-refractivity contribution < 1.29 is 33.7 Å². The molecule has 9 heteroatoms. The van der Waals surface area contributed by atoms with Gasteiger partial charge in [0.05, 0.1) is 18.7 Å². The van der Waals surface area contributed by atoms with Gasteiger partial charge in [-0.1, -0.05) is 71.1 Å². The van der Waals surface area contributed by atoms with Crippen molar-refractivity contribution >= 4 is 5.97 Å². The molecule has 4 atom stereocenters. The summed E-state index contributed by atoms with van der Waals surface area (Å²) in [7, 11) is 0. The third-order valence-electron chi connectivity index (χ3n) is 6.32. The SMILES string of the molecule is CCCCCCCCCCCCCC(=O)O[C@@H](C[C@@H](O)c1coc(Cc2cnco2)n1)[C@H](O)[C@H](C)O. The maximum Gasteiger partial charge on any atom is 0.306 e. The number of aliphatic hydroxyl groups excluding tert-OH is 3. The van der Waals surface area contributed by atoms with Gasteiger partial charge in [-0.15, -0.1) is 0 Å². The van der Waals surface area contributed by atoms with E-state index >= 15 is 0 Å². The van der Waals surface area contributed by atoms with Crippen molar-refractivity contribution in [3.05, 3.63) is 36.2 Å². The summed E-state index contributed by atoms with van der Waals surface area (Å²) in [6, 6.07) is 0. The van der Waals surface area contributed by atoms with Crippen molar-refractivity contribution in [2.75, 3.05) is 0 Å². The molecule has 204 valence electrons. The highest BCUT2D eigenvalue weighted by Gasteiger charge is 2.31. The summed E-state index contributed by atoms with van der Waals surface area (Å²) in [5, 5.41) is 30.8. The van der Waals surface area contributed by atoms with Crippen molar-refractivity contribution in [1.82, 2.24) is 9.97 Å². The van der Waals surface area contributed by atoms with Gasteiger partial charge in [-0.05, 0) is 13.3 Å². The van der Waals surface area contributed by atoms with E-state index < -0.39 is 30.4 Å². The number of aliphatic hydroxyl groups is 3. The molecule has 0 amide bonds. The molecule has 0 saturated heterocycles. The van der Waals surface area contributed by atoms with E-state index in [4.69, 9.17) is 13.6 Å². The number of carbonyl (C=O) groups excluding carboxylic acids is 1. The Morgan fingerprint density at radius 1 is 0.972 bits per heavy atom. The largest absolute Gasteiger partial charge is 0.459 e. The lowest BCUT2D eigenvalue weighted by atomic mass is 10.0. The second-order valence-corrected chi connectivity index (χ2v) is 9.61. The third kappa shape index (κ3) is 11.7. The fourth-order valence-electron chi connectivity index (χ4n) is 4.11. The normalized spacial score (nSPS) is 14.9. The van der Waals surface area contributed by atoms with Crippen LogP contribution in [0.1, 0.15) is 121 Å². The Balaban J connectivity index is 1.71. The van der Waals surface area contributed by atoms with Crippen molar-refractivity contribution in [3.8, 4) is 0 Å². The summed E-state index contributed by atoms with van der Waals surface area (Å²) in [6.45, 7) is 3.64. The number of ether oxygens (including phenoxy) is 1. The van der Waals surface area contributed by atoms with Crippen LogP contribution in [0, 0.1) is 0 Å². The summed E-state index contributed by atoms with van der Waals surface area (Å²) in [6.07, 6.45) is 12.9. The van der Waals surface area contributed by atoms with Crippen molar-refractivity contribution in [3.63, 3.8) is 0 Å². The van der Waals surface area contributed by atoms with Gasteiger partial charge in [0.15, 0.2) is 6.39 Å². The molecular formula is C27H44N2O7. The van der Waals surface area contributed by atoms with Gasteiger partial charge in [0.2, 0.25) is 5.89 Å². The molecule has 2 aromatic heterocycles. The van der Waals surface area contributed by atoms with Crippen LogP contribution in [0.25, 0.3) is 0 Å². The molecule has 0 saturated carbocycles. The van der Waals surface area contributed by atoms with Crippen LogP contribution >= 0.6 is 0 Å². The van der Waals surface area contributed by atoms with Gasteiger partial charge in [0.25, 0.3) is 0 Å². The van der Waals surface area contributed by atoms with Gasteiger partial charge in [-0.25, -0.2) is 9.97 Å². The molecule has 2 heterocycles. The molecule has 9 nitrogen and oxygen atoms in total. The summed E-state index contributed by atoms with van der Waals surface area (Å²) in [4.78, 5) is 20.5. The van der Waals surface area contributed by atoms with Crippen LogP contribution in [0.3, 0.4) is 0 Å². The van der Waals surface area contributed by atoms with Gasteiger partial charge in [0, 0.05) is 12.8 Å². The molecule has 36 heavy (non-hydrogen) atoms. The van der Waals surface area contributed by atoms with Crippen LogP contribution in [0.15, 0.2) is 27.7 Å². The monoisotopic (exact) mass is 508 g/mol. The lowest BCUT2D eigenvalue weighted by Gasteiger charge is -2.26. The molecule has 0 aliphatic rings. The second-order valence-electron chi connectivity index (χ2n) is 9.61. The highest BCUT2D eigenvalue weighted by atomic mass is 16.6. The van der Waals surface area contributed by atoms with Gasteiger partial charge < -0.3 is 28.9 Å². The first-order valence-corrected chi connectivity index (χ1v) is 13.5. The second kappa shape index (κ2) is 17.3. The van der Waals surface area contributed by atoms with Crippen LogP contribution in [0.4, 0.5) is 0 Å². The molecule has 2 aromatic rings. The Hall–Kier alpha value is -2.23. The predicted molar refractivity (Wildman–Crippen MR) is 134 cm³/mol. The number of hydrogen-bond donors (Lipinski definition) is 3. The third-order valence-corrected chi connectivity index (χ3v) is 6.32. The zero-order valence-corrected chi connectivity index (χ0v) is 21.8. The zero-order valence-electron chi connectivity index (χ0n) is 21.8. The highest BCUT2D eigenvalue weighted by Crippen LogP contribution is 2.23. The molecule has 3 N–H and O–H groups in total. The lowest BCUT2D eigenvalue weighted by Crippen LogP contribution is -2.40. The van der Waals surface area contributed by atoms with E-state index in [0.717, 1.165) is 12.8 Å². The number of carbonyl (C=O) groups is 1. The molecule has 0 aliphatic heterocycles. The summed E-state index contributed by atoms with van der Waals surface area (Å²) in [5.74, 6) is 0.451. The van der Waals surface area contributed by atoms with E-state index in [-0.39, 0.29) is 25.0 Å². The molecule has 0 aliphatic carbocycles. The quantitative estimate of drug-likeness (QED) is 0.166. The van der Waals surface area contributed by atoms with Crippen molar-refractivity contribution in [2.45, 2.75) is 128 Å². The smallest absolute Gasteiger partial charge is 0.306 e. The summed E-state index contributed by atoms with van der Waals surface area (Å²) >= 11 is 0. The van der Waals surface area contributed by atoms with Gasteiger partial charge in [-0.2, -0.15) is 0 Å². The molecule has 0 aromatic carbocycles. The Bertz CT molecular complexity index is 822. The topological polar surface area (TPSA) is 139 Å². The number of unbranched alkanes of at least 4 members (excludes halogenated alkanes) is 10. The fourth-order valence-corrected chi connectivity index (χ4v) is 4.11. The number of aromatic nitrogens is 2. The van der Waals surface area contributed by atoms with E-state index in [1.165, 1.54) is 70.9 Å². The van der Waals surface area contributed by atoms with Gasteiger partial charge in [-0.3, -0.25) is 4.79 Å². The minimum absolute atomic E-state index is 0.121. The first-order valence-electron chi connectivity index (χ1n) is 13.5. The number of rotatable bonds is 20. The minimum Gasteiger partial charge on any atom is -0.459 e. The molecule has 0 bridgehead atoms. The van der Waals surface area contributed by atoms with Gasteiger partial charge in [0.1, 0.15) is 36.0 Å². The van der Waals surface area contributed by atoms with E-state index in [2.05, 4.69) is 16.9 Å². The van der Waals surface area contributed by atoms with E-state index in [0.29, 0.717) is 18.1 Å². The molecule has 0 spiro atoms. The fraction of sp³-hybridized carbons (Fsp3) is 0.741. The molecule has 2 rings (SSSR count). The van der Waals surface area contributed by atoms with E-state index in [1.54, 1.807) is 6.20 Å². The minimum atomic E-state index is -1.33. The van der Waals surface area contributed by atoms with Crippen LogP contribution in [-0.4, -0.2) is 49.6 Å². The standard InChI is InChI=1S/C27H44N2O7/c1-3-4-5-6-7-8-9-10-11-12-13-14-26(32)36-24(27(33)20(2)30)16-23(31)22-18-34-25(29-22)15-21-17-28-19-35-21/h17-20,23-24,27,30-31,33H,3-16H2,1-2H3/t20-,23+,24-,27+/m0/s1. The van der Waals surface area contributed by atoms with E-state index in [9.17, 15) is 20.1 Å². The van der Waals surface area contributed by atoms with Crippen molar-refractivity contribution in [1.29, 1.82) is 0 Å². The maximum absolute atomic E-state index is 12.4. The number of oxazole rings is 2. The van der Waals surface area contributed by atoms with Crippen molar-refractivity contribution in [2.24, 2.45) is 0 Å². The average molecular weight is 509 g/mol. The summed E-state index contributed by atoms with van der Waals surface area (Å²) in [5.41, 5.74) is 0.244. The first kappa shape index (κ1) is 30.0. The highest BCUT2D eigenvalue weighted by molar-refractivity contribution is 5.69. The van der Waals surface area contributed by atoms with Crippen LogP contribution < -0.4 is 0 Å². The molecular weight excluding hydrogens is 464 g/mol. The predicted octanol–water partition coefficient (Wildman–Crippen LogP) is 5.03. The van der Waals surface area contributed by atoms with Crippen LogP contribution in [0.2, 0.25) is 0 Å². The number of nitrogens with zero attached hydrogens (tertiary/aromatic N) is 2. The molecule has 0 fully saturated rings. The number of esters is 1. The average Bonchev–Trinajstić information content (AvgIpc) is 3.54. The first-order chi connectivity index (χ1) is 17.4. The number of hydrogen-bond acceptors (Lipinski definition) is 9. The van der Waals surface area contributed by atoms with E-state index in [1.807, 2.05) is 0 Å². The van der Waals surface area contributed by atoms with Crippen LogP contribution in [0.5, 0.6) is 0 Å². The molecule has 0 unspecified atom stereocenters. The summed E-state index contributed by atoms with van der Waals surface area (Å²) < 4.78 is 16.0. The Morgan fingerprint density at radius 3 is 2.19 bits per heavy atom. The zero-order chi connectivity index (χ0) is 26.2.